The third-order valence-electron chi connectivity index (χ3n) is 4.71. The normalized spacial score (nSPS) is 16.1. The predicted molar refractivity (Wildman–Crippen MR) is 112 cm³/mol. The summed E-state index contributed by atoms with van der Waals surface area (Å²) >= 11 is 0. The number of hydrogen-bond donors (Lipinski definition) is 2. The number of aromatic nitrogens is 3. The first-order valence-corrected chi connectivity index (χ1v) is 9.77. The van der Waals surface area contributed by atoms with E-state index in [1.165, 1.54) is 10.6 Å². The van der Waals surface area contributed by atoms with Crippen molar-refractivity contribution in [1.82, 2.24) is 14.1 Å². The minimum atomic E-state index is -0.634. The number of carbonyl (C=O) groups is 1. The number of carbonyl (C=O) groups excluding carboxylic acids is 1. The van der Waals surface area contributed by atoms with Crippen molar-refractivity contribution in [3.8, 4) is 5.88 Å². The second-order valence-corrected chi connectivity index (χ2v) is 6.69. The molecular formula is C20H25N5O5. The van der Waals surface area contributed by atoms with Crippen molar-refractivity contribution in [2.45, 2.75) is 39.5 Å². The SMILES string of the molecule is CCn1c(N)c(NC(=O)/C=C/c2ccc(O[C@H]3CCOC3)nc2)c(=O)n(CC)c1=O. The van der Waals surface area contributed by atoms with Crippen LogP contribution in [-0.2, 0) is 22.6 Å². The van der Waals surface area contributed by atoms with E-state index in [0.29, 0.717) is 24.7 Å². The van der Waals surface area contributed by atoms with Crippen LogP contribution in [0.3, 0.4) is 0 Å². The molecule has 1 fully saturated rings. The number of rotatable bonds is 7. The zero-order valence-electron chi connectivity index (χ0n) is 17.0. The minimum absolute atomic E-state index is 0.00804. The molecule has 1 saturated heterocycles. The van der Waals surface area contributed by atoms with E-state index in [2.05, 4.69) is 10.3 Å². The minimum Gasteiger partial charge on any atom is -0.472 e. The highest BCUT2D eigenvalue weighted by molar-refractivity contribution is 6.03. The summed E-state index contributed by atoms with van der Waals surface area (Å²) in [6.45, 7) is 5.08. The molecule has 0 radical (unpaired) electrons. The highest BCUT2D eigenvalue weighted by Gasteiger charge is 2.18. The van der Waals surface area contributed by atoms with Crippen molar-refractivity contribution in [2.24, 2.45) is 0 Å². The molecule has 3 N–H and O–H groups in total. The number of anilines is 2. The van der Waals surface area contributed by atoms with Crippen molar-refractivity contribution in [3.05, 3.63) is 50.8 Å². The molecule has 3 rings (SSSR count). The van der Waals surface area contributed by atoms with Gasteiger partial charge in [0.2, 0.25) is 11.8 Å². The molecule has 2 aromatic heterocycles. The van der Waals surface area contributed by atoms with E-state index in [4.69, 9.17) is 15.2 Å². The molecule has 10 nitrogen and oxygen atoms in total. The lowest BCUT2D eigenvalue weighted by Gasteiger charge is -2.14. The molecule has 160 valence electrons. The fraction of sp³-hybridized carbons (Fsp3) is 0.400. The Labute approximate surface area is 172 Å². The maximum atomic E-state index is 12.5. The number of ether oxygens (including phenoxy) is 2. The summed E-state index contributed by atoms with van der Waals surface area (Å²) in [6.07, 6.45) is 5.23. The van der Waals surface area contributed by atoms with Crippen LogP contribution in [0, 0.1) is 0 Å². The highest BCUT2D eigenvalue weighted by Crippen LogP contribution is 2.15. The standard InChI is InChI=1S/C20H25N5O5/c1-3-24-18(21)17(19(27)25(4-2)20(24)28)23-15(26)7-5-13-6-8-16(22-11-13)30-14-9-10-29-12-14/h5-8,11,14H,3-4,9-10,12,21H2,1-2H3,(H,23,26)/b7-5+/t14-/m0/s1. The topological polar surface area (TPSA) is 130 Å². The van der Waals surface area contributed by atoms with Crippen LogP contribution < -0.4 is 27.0 Å². The van der Waals surface area contributed by atoms with E-state index >= 15 is 0 Å². The third-order valence-corrected chi connectivity index (χ3v) is 4.71. The van der Waals surface area contributed by atoms with Crippen molar-refractivity contribution in [1.29, 1.82) is 0 Å². The molecule has 30 heavy (non-hydrogen) atoms. The van der Waals surface area contributed by atoms with Gasteiger partial charge < -0.3 is 20.5 Å². The summed E-state index contributed by atoms with van der Waals surface area (Å²) in [4.78, 5) is 41.3. The van der Waals surface area contributed by atoms with Gasteiger partial charge in [0.05, 0.1) is 13.2 Å². The van der Waals surface area contributed by atoms with Crippen LogP contribution in [0.15, 0.2) is 34.0 Å². The van der Waals surface area contributed by atoms with Crippen LogP contribution in [0.25, 0.3) is 6.08 Å². The van der Waals surface area contributed by atoms with E-state index in [9.17, 15) is 14.4 Å². The number of amides is 1. The van der Waals surface area contributed by atoms with E-state index < -0.39 is 17.2 Å². The molecule has 0 saturated carbocycles. The van der Waals surface area contributed by atoms with Crippen molar-refractivity contribution < 1.29 is 14.3 Å². The summed E-state index contributed by atoms with van der Waals surface area (Å²) in [5, 5.41) is 2.48. The van der Waals surface area contributed by atoms with Gasteiger partial charge in [-0.1, -0.05) is 0 Å². The first kappa shape index (κ1) is 21.3. The summed E-state index contributed by atoms with van der Waals surface area (Å²) in [5.74, 6) is -0.133. The molecule has 0 unspecified atom stereocenters. The lowest BCUT2D eigenvalue weighted by atomic mass is 10.2. The molecule has 10 heteroatoms. The second kappa shape index (κ2) is 9.40. The van der Waals surface area contributed by atoms with E-state index in [0.717, 1.165) is 11.0 Å². The molecule has 0 spiro atoms. The Morgan fingerprint density at radius 1 is 1.33 bits per heavy atom. The van der Waals surface area contributed by atoms with Crippen LogP contribution in [0.4, 0.5) is 11.5 Å². The van der Waals surface area contributed by atoms with E-state index in [-0.39, 0.29) is 30.7 Å². The molecule has 0 aromatic carbocycles. The lowest BCUT2D eigenvalue weighted by Crippen LogP contribution is -2.42. The Bertz CT molecular complexity index is 1050. The molecule has 1 aliphatic heterocycles. The van der Waals surface area contributed by atoms with Gasteiger partial charge in [-0.25, -0.2) is 9.78 Å². The van der Waals surface area contributed by atoms with Gasteiger partial charge in [-0.2, -0.15) is 0 Å². The summed E-state index contributed by atoms with van der Waals surface area (Å²) in [6, 6.07) is 3.47. The second-order valence-electron chi connectivity index (χ2n) is 6.69. The molecule has 1 aliphatic rings. The summed E-state index contributed by atoms with van der Waals surface area (Å²) < 4.78 is 13.2. The first-order chi connectivity index (χ1) is 14.4. The monoisotopic (exact) mass is 415 g/mol. The lowest BCUT2D eigenvalue weighted by molar-refractivity contribution is -0.111. The van der Waals surface area contributed by atoms with Crippen LogP contribution >= 0.6 is 0 Å². The average molecular weight is 415 g/mol. The number of nitrogens with two attached hydrogens (primary N) is 1. The van der Waals surface area contributed by atoms with E-state index in [1.54, 1.807) is 38.3 Å². The van der Waals surface area contributed by atoms with Gasteiger partial charge in [-0.3, -0.25) is 18.7 Å². The van der Waals surface area contributed by atoms with Gasteiger partial charge >= 0.3 is 5.69 Å². The van der Waals surface area contributed by atoms with E-state index in [1.807, 2.05) is 0 Å². The Hall–Kier alpha value is -3.40. The molecule has 1 amide bonds. The van der Waals surface area contributed by atoms with Gasteiger partial charge in [-0.15, -0.1) is 0 Å². The molecule has 0 aliphatic carbocycles. The van der Waals surface area contributed by atoms with Crippen molar-refractivity contribution in [3.63, 3.8) is 0 Å². The number of hydrogen-bond acceptors (Lipinski definition) is 7. The highest BCUT2D eigenvalue weighted by atomic mass is 16.5. The number of nitrogens with zero attached hydrogens (tertiary/aromatic N) is 3. The van der Waals surface area contributed by atoms with Crippen LogP contribution in [0.2, 0.25) is 0 Å². The molecule has 2 aromatic rings. The zero-order valence-corrected chi connectivity index (χ0v) is 17.0. The fourth-order valence-corrected chi connectivity index (χ4v) is 3.09. The third kappa shape index (κ3) is 4.60. The maximum absolute atomic E-state index is 12.5. The average Bonchev–Trinajstić information content (AvgIpc) is 3.24. The van der Waals surface area contributed by atoms with Gasteiger partial charge in [0, 0.05) is 37.8 Å². The van der Waals surface area contributed by atoms with Gasteiger partial charge in [-0.05, 0) is 31.6 Å². The molecule has 3 heterocycles. The number of pyridine rings is 1. The fourth-order valence-electron chi connectivity index (χ4n) is 3.09. The number of nitrogen functional groups attached to an aromatic ring is 1. The number of nitrogens with one attached hydrogen (secondary N) is 1. The Kier molecular flexibility index (Phi) is 6.68. The summed E-state index contributed by atoms with van der Waals surface area (Å²) in [7, 11) is 0. The maximum Gasteiger partial charge on any atom is 0.332 e. The predicted octanol–water partition coefficient (Wildman–Crippen LogP) is 0.847. The zero-order chi connectivity index (χ0) is 21.7. The van der Waals surface area contributed by atoms with Crippen molar-refractivity contribution >= 4 is 23.5 Å². The largest absolute Gasteiger partial charge is 0.472 e. The quantitative estimate of drug-likeness (QED) is 0.641. The van der Waals surface area contributed by atoms with Gasteiger partial charge in [0.1, 0.15) is 17.6 Å². The van der Waals surface area contributed by atoms with Crippen molar-refractivity contribution in [2.75, 3.05) is 24.3 Å². The van der Waals surface area contributed by atoms with Gasteiger partial charge in [0.25, 0.3) is 5.56 Å². The van der Waals surface area contributed by atoms with Crippen LogP contribution in [0.5, 0.6) is 5.88 Å². The molecular weight excluding hydrogens is 390 g/mol. The first-order valence-electron chi connectivity index (χ1n) is 9.77. The van der Waals surface area contributed by atoms with Crippen LogP contribution in [0.1, 0.15) is 25.8 Å². The Morgan fingerprint density at radius 3 is 2.70 bits per heavy atom. The smallest absolute Gasteiger partial charge is 0.332 e. The van der Waals surface area contributed by atoms with Gasteiger partial charge in [0.15, 0.2) is 0 Å². The Morgan fingerprint density at radius 2 is 2.10 bits per heavy atom. The Balaban J connectivity index is 1.71. The summed E-state index contributed by atoms with van der Waals surface area (Å²) in [5.41, 5.74) is 5.36. The molecule has 1 atom stereocenters. The molecule has 0 bridgehead atoms. The van der Waals surface area contributed by atoms with Crippen LogP contribution in [-0.4, -0.2) is 39.3 Å².